The van der Waals surface area contributed by atoms with E-state index in [4.69, 9.17) is 4.74 Å². The minimum absolute atomic E-state index is 0.196. The van der Waals surface area contributed by atoms with E-state index in [2.05, 4.69) is 21.2 Å². The molecule has 0 aliphatic heterocycles. The summed E-state index contributed by atoms with van der Waals surface area (Å²) in [5, 5.41) is 3.24. The third-order valence-corrected chi connectivity index (χ3v) is 3.79. The number of ether oxygens (including phenoxy) is 1. The Morgan fingerprint density at radius 3 is 2.52 bits per heavy atom. The highest BCUT2D eigenvalue weighted by Crippen LogP contribution is 2.21. The quantitative estimate of drug-likeness (QED) is 0.794. The Balaban J connectivity index is 1.79. The lowest BCUT2D eigenvalue weighted by Gasteiger charge is -2.14. The molecule has 2 aromatic rings. The van der Waals surface area contributed by atoms with Gasteiger partial charge in [-0.25, -0.2) is 0 Å². The van der Waals surface area contributed by atoms with Crippen LogP contribution in [0.25, 0.3) is 0 Å². The predicted octanol–water partition coefficient (Wildman–Crippen LogP) is 4.24. The standard InChI is InChI=1S/C17H18BrNO2/c1-13(11-19-16-10-6-5-9-15(16)18)17(20)21-12-14-7-3-2-4-8-14/h2-10,13,19H,11-12H2,1H3. The van der Waals surface area contributed by atoms with Crippen molar-refractivity contribution in [3.05, 3.63) is 64.6 Å². The fourth-order valence-corrected chi connectivity index (χ4v) is 2.25. The molecule has 0 radical (unpaired) electrons. The molecule has 3 nitrogen and oxygen atoms in total. The summed E-state index contributed by atoms with van der Waals surface area (Å²) in [6.45, 7) is 2.71. The first kappa shape index (κ1) is 15.6. The van der Waals surface area contributed by atoms with E-state index in [0.717, 1.165) is 15.7 Å². The normalized spacial score (nSPS) is 11.7. The first-order valence-electron chi connectivity index (χ1n) is 6.86. The van der Waals surface area contributed by atoms with Crippen LogP contribution in [-0.2, 0) is 16.1 Å². The van der Waals surface area contributed by atoms with Gasteiger partial charge in [0.1, 0.15) is 6.61 Å². The summed E-state index contributed by atoms with van der Waals surface area (Å²) in [5.74, 6) is -0.403. The fraction of sp³-hybridized carbons (Fsp3) is 0.235. The maximum atomic E-state index is 11.9. The van der Waals surface area contributed by atoms with Gasteiger partial charge in [-0.15, -0.1) is 0 Å². The number of hydrogen-bond donors (Lipinski definition) is 1. The average Bonchev–Trinajstić information content (AvgIpc) is 2.52. The first-order valence-corrected chi connectivity index (χ1v) is 7.65. The van der Waals surface area contributed by atoms with Gasteiger partial charge in [0.05, 0.1) is 5.92 Å². The Kier molecular flexibility index (Phi) is 5.81. The predicted molar refractivity (Wildman–Crippen MR) is 88.0 cm³/mol. The summed E-state index contributed by atoms with van der Waals surface area (Å²) >= 11 is 3.47. The second-order valence-corrected chi connectivity index (χ2v) is 5.71. The number of hydrogen-bond acceptors (Lipinski definition) is 3. The highest BCUT2D eigenvalue weighted by atomic mass is 79.9. The summed E-state index contributed by atoms with van der Waals surface area (Å²) < 4.78 is 6.30. The number of nitrogens with one attached hydrogen (secondary N) is 1. The number of rotatable bonds is 6. The molecule has 0 bridgehead atoms. The van der Waals surface area contributed by atoms with Crippen molar-refractivity contribution in [2.75, 3.05) is 11.9 Å². The average molecular weight is 348 g/mol. The van der Waals surface area contributed by atoms with Crippen LogP contribution in [0.3, 0.4) is 0 Å². The number of anilines is 1. The highest BCUT2D eigenvalue weighted by Gasteiger charge is 2.14. The zero-order valence-corrected chi connectivity index (χ0v) is 13.5. The van der Waals surface area contributed by atoms with Crippen LogP contribution in [0.2, 0.25) is 0 Å². The zero-order valence-electron chi connectivity index (χ0n) is 11.9. The SMILES string of the molecule is CC(CNc1ccccc1Br)C(=O)OCc1ccccc1. The van der Waals surface area contributed by atoms with Crippen molar-refractivity contribution in [3.63, 3.8) is 0 Å². The number of benzene rings is 2. The molecule has 2 rings (SSSR count). The Labute approximate surface area is 133 Å². The van der Waals surface area contributed by atoms with Gasteiger partial charge in [0.25, 0.3) is 0 Å². The van der Waals surface area contributed by atoms with Crippen LogP contribution in [0, 0.1) is 5.92 Å². The van der Waals surface area contributed by atoms with E-state index in [9.17, 15) is 4.79 Å². The Bertz CT molecular complexity index is 586. The van der Waals surface area contributed by atoms with Crippen molar-refractivity contribution in [1.29, 1.82) is 0 Å². The number of esters is 1. The smallest absolute Gasteiger partial charge is 0.310 e. The van der Waals surface area contributed by atoms with Crippen LogP contribution < -0.4 is 5.32 Å². The number of carbonyl (C=O) groups is 1. The lowest BCUT2D eigenvalue weighted by atomic mass is 10.2. The topological polar surface area (TPSA) is 38.3 Å². The van der Waals surface area contributed by atoms with E-state index >= 15 is 0 Å². The van der Waals surface area contributed by atoms with Gasteiger partial charge in [-0.2, -0.15) is 0 Å². The van der Waals surface area contributed by atoms with Crippen molar-refractivity contribution in [1.82, 2.24) is 0 Å². The van der Waals surface area contributed by atoms with Crippen LogP contribution in [0.5, 0.6) is 0 Å². The van der Waals surface area contributed by atoms with Crippen molar-refractivity contribution < 1.29 is 9.53 Å². The van der Waals surface area contributed by atoms with Gasteiger partial charge >= 0.3 is 5.97 Å². The molecule has 0 amide bonds. The van der Waals surface area contributed by atoms with E-state index in [0.29, 0.717) is 13.2 Å². The van der Waals surface area contributed by atoms with Crippen LogP contribution in [-0.4, -0.2) is 12.5 Å². The molecule has 2 aromatic carbocycles. The van der Waals surface area contributed by atoms with Crippen molar-refractivity contribution in [2.45, 2.75) is 13.5 Å². The molecule has 0 spiro atoms. The monoisotopic (exact) mass is 347 g/mol. The van der Waals surface area contributed by atoms with E-state index in [1.807, 2.05) is 61.5 Å². The molecule has 0 saturated carbocycles. The second kappa shape index (κ2) is 7.84. The minimum atomic E-state index is -0.208. The van der Waals surface area contributed by atoms with Crippen molar-refractivity contribution in [2.24, 2.45) is 5.92 Å². The van der Waals surface area contributed by atoms with E-state index in [1.165, 1.54) is 0 Å². The summed E-state index contributed by atoms with van der Waals surface area (Å²) in [7, 11) is 0. The molecule has 1 unspecified atom stereocenters. The third kappa shape index (κ3) is 4.90. The van der Waals surface area contributed by atoms with E-state index < -0.39 is 0 Å². The molecule has 0 fully saturated rings. The summed E-state index contributed by atoms with van der Waals surface area (Å²) in [4.78, 5) is 11.9. The molecule has 1 atom stereocenters. The van der Waals surface area contributed by atoms with Gasteiger partial charge < -0.3 is 10.1 Å². The molecular weight excluding hydrogens is 330 g/mol. The molecule has 0 heterocycles. The van der Waals surface area contributed by atoms with Gasteiger partial charge in [-0.1, -0.05) is 49.4 Å². The van der Waals surface area contributed by atoms with Crippen LogP contribution in [0.1, 0.15) is 12.5 Å². The molecule has 21 heavy (non-hydrogen) atoms. The Morgan fingerprint density at radius 2 is 1.81 bits per heavy atom. The maximum absolute atomic E-state index is 11.9. The molecule has 1 N–H and O–H groups in total. The maximum Gasteiger partial charge on any atom is 0.310 e. The summed E-state index contributed by atoms with van der Waals surface area (Å²) in [6.07, 6.45) is 0. The molecule has 0 aliphatic carbocycles. The van der Waals surface area contributed by atoms with Gasteiger partial charge in [0, 0.05) is 16.7 Å². The summed E-state index contributed by atoms with van der Waals surface area (Å²) in [6, 6.07) is 17.5. The van der Waals surface area contributed by atoms with Crippen LogP contribution >= 0.6 is 15.9 Å². The molecule has 0 aliphatic rings. The van der Waals surface area contributed by atoms with Crippen molar-refractivity contribution >= 4 is 27.6 Å². The lowest BCUT2D eigenvalue weighted by molar-refractivity contribution is -0.148. The van der Waals surface area contributed by atoms with E-state index in [-0.39, 0.29) is 11.9 Å². The third-order valence-electron chi connectivity index (χ3n) is 3.10. The highest BCUT2D eigenvalue weighted by molar-refractivity contribution is 9.10. The van der Waals surface area contributed by atoms with Gasteiger partial charge in [0.15, 0.2) is 0 Å². The minimum Gasteiger partial charge on any atom is -0.461 e. The lowest BCUT2D eigenvalue weighted by Crippen LogP contribution is -2.22. The molecule has 0 aromatic heterocycles. The Hall–Kier alpha value is -1.81. The van der Waals surface area contributed by atoms with Gasteiger partial charge in [-0.3, -0.25) is 4.79 Å². The van der Waals surface area contributed by atoms with Crippen LogP contribution in [0.4, 0.5) is 5.69 Å². The van der Waals surface area contributed by atoms with E-state index in [1.54, 1.807) is 0 Å². The van der Waals surface area contributed by atoms with Crippen LogP contribution in [0.15, 0.2) is 59.1 Å². The largest absolute Gasteiger partial charge is 0.461 e. The molecule has 0 saturated heterocycles. The zero-order chi connectivity index (χ0) is 15.1. The molecular formula is C17H18BrNO2. The number of halogens is 1. The summed E-state index contributed by atoms with van der Waals surface area (Å²) in [5.41, 5.74) is 1.97. The second-order valence-electron chi connectivity index (χ2n) is 4.86. The fourth-order valence-electron chi connectivity index (χ4n) is 1.82. The van der Waals surface area contributed by atoms with Gasteiger partial charge in [0.2, 0.25) is 0 Å². The number of carbonyl (C=O) groups excluding carboxylic acids is 1. The first-order chi connectivity index (χ1) is 10.2. The van der Waals surface area contributed by atoms with Crippen molar-refractivity contribution in [3.8, 4) is 0 Å². The molecule has 4 heteroatoms. The Morgan fingerprint density at radius 1 is 1.14 bits per heavy atom. The number of para-hydroxylation sites is 1. The molecule has 110 valence electrons. The van der Waals surface area contributed by atoms with Gasteiger partial charge in [-0.05, 0) is 33.6 Å².